The van der Waals surface area contributed by atoms with Gasteiger partial charge in [-0.2, -0.15) is 0 Å². The predicted octanol–water partition coefficient (Wildman–Crippen LogP) is 3.92. The molecule has 2 aromatic carbocycles. The van der Waals surface area contributed by atoms with Gasteiger partial charge < -0.3 is 21.4 Å². The Labute approximate surface area is 163 Å². The fourth-order valence-electron chi connectivity index (χ4n) is 3.58. The van der Waals surface area contributed by atoms with Crippen LogP contribution in [0, 0.1) is 5.41 Å². The molecule has 0 radical (unpaired) electrons. The summed E-state index contributed by atoms with van der Waals surface area (Å²) in [7, 11) is 0. The highest BCUT2D eigenvalue weighted by Crippen LogP contribution is 2.29. The molecule has 4 N–H and O–H groups in total. The van der Waals surface area contributed by atoms with E-state index in [1.54, 1.807) is 11.1 Å². The lowest BCUT2D eigenvalue weighted by molar-refractivity contribution is 0.206. The molecule has 0 unspecified atom stereocenters. The van der Waals surface area contributed by atoms with Gasteiger partial charge in [-0.25, -0.2) is 9.78 Å². The van der Waals surface area contributed by atoms with Crippen LogP contribution >= 0.6 is 0 Å². The first-order valence-corrected chi connectivity index (χ1v) is 9.14. The van der Waals surface area contributed by atoms with Gasteiger partial charge in [-0.3, -0.25) is 0 Å². The van der Waals surface area contributed by atoms with E-state index >= 15 is 0 Å². The Kier molecular flexibility index (Phi) is 4.76. The zero-order valence-corrected chi connectivity index (χ0v) is 15.4. The summed E-state index contributed by atoms with van der Waals surface area (Å²) in [4.78, 5) is 18.8. The largest absolute Gasteiger partial charge is 0.383 e. The number of benzene rings is 2. The van der Waals surface area contributed by atoms with Gasteiger partial charge in [0.25, 0.3) is 0 Å². The van der Waals surface area contributed by atoms with Gasteiger partial charge in [0.15, 0.2) is 0 Å². The van der Waals surface area contributed by atoms with Crippen LogP contribution < -0.4 is 11.1 Å². The number of aromatic nitrogens is 1. The van der Waals surface area contributed by atoms with Gasteiger partial charge in [-0.05, 0) is 29.2 Å². The standard InChI is InChI=1S/C22H21N5O/c23-12-19-17-10-11-27(14-16(17)13-25-21(19)24)22(28)26-20-9-5-4-8-18(20)15-6-2-1-3-7-15/h1-9,12-13,23H,10-11,14H2,(H2,24,25)(H,26,28). The number of rotatable bonds is 3. The molecule has 2 amide bonds. The van der Waals surface area contributed by atoms with Crippen molar-refractivity contribution in [1.82, 2.24) is 9.88 Å². The van der Waals surface area contributed by atoms with Gasteiger partial charge in [0.1, 0.15) is 5.82 Å². The van der Waals surface area contributed by atoms with Crippen molar-refractivity contribution in [2.75, 3.05) is 17.6 Å². The molecule has 28 heavy (non-hydrogen) atoms. The molecule has 0 saturated carbocycles. The fraction of sp³-hybridized carbons (Fsp3) is 0.136. The number of carbonyl (C=O) groups is 1. The molecule has 1 aliphatic rings. The van der Waals surface area contributed by atoms with Crippen molar-refractivity contribution in [3.63, 3.8) is 0 Å². The van der Waals surface area contributed by atoms with Gasteiger partial charge in [0.05, 0.1) is 5.69 Å². The Bertz CT molecular complexity index is 1030. The van der Waals surface area contributed by atoms with Crippen LogP contribution in [0.2, 0.25) is 0 Å². The van der Waals surface area contributed by atoms with Gasteiger partial charge in [-0.15, -0.1) is 0 Å². The van der Waals surface area contributed by atoms with Crippen LogP contribution in [-0.4, -0.2) is 28.7 Å². The molecule has 0 atom stereocenters. The van der Waals surface area contributed by atoms with Crippen LogP contribution in [0.5, 0.6) is 0 Å². The Hall–Kier alpha value is -3.67. The van der Waals surface area contributed by atoms with Crippen molar-refractivity contribution in [1.29, 1.82) is 5.41 Å². The second kappa shape index (κ2) is 7.52. The zero-order chi connectivity index (χ0) is 19.5. The maximum Gasteiger partial charge on any atom is 0.322 e. The van der Waals surface area contributed by atoms with E-state index in [0.29, 0.717) is 30.9 Å². The normalized spacial score (nSPS) is 12.9. The highest BCUT2D eigenvalue weighted by molar-refractivity contribution is 5.95. The van der Waals surface area contributed by atoms with Crippen molar-refractivity contribution in [3.8, 4) is 11.1 Å². The maximum atomic E-state index is 12.9. The second-order valence-corrected chi connectivity index (χ2v) is 6.72. The number of hydrogen-bond acceptors (Lipinski definition) is 4. The molecule has 3 aromatic rings. The molecule has 0 aliphatic carbocycles. The topological polar surface area (TPSA) is 95.1 Å². The van der Waals surface area contributed by atoms with E-state index in [1.807, 2.05) is 54.6 Å². The molecular formula is C22H21N5O. The lowest BCUT2D eigenvalue weighted by Gasteiger charge is -2.30. The Morgan fingerprint density at radius 3 is 2.68 bits per heavy atom. The van der Waals surface area contributed by atoms with Gasteiger partial charge >= 0.3 is 6.03 Å². The van der Waals surface area contributed by atoms with Crippen LogP contribution in [0.4, 0.5) is 16.3 Å². The summed E-state index contributed by atoms with van der Waals surface area (Å²) in [5.41, 5.74) is 11.3. The highest BCUT2D eigenvalue weighted by atomic mass is 16.2. The number of hydrogen-bond donors (Lipinski definition) is 3. The summed E-state index contributed by atoms with van der Waals surface area (Å²) in [5, 5.41) is 10.6. The molecular weight excluding hydrogens is 350 g/mol. The monoisotopic (exact) mass is 371 g/mol. The van der Waals surface area contributed by atoms with E-state index in [0.717, 1.165) is 27.9 Å². The molecule has 2 heterocycles. The molecule has 0 bridgehead atoms. The number of nitrogens with zero attached hydrogens (tertiary/aromatic N) is 2. The number of nitrogens with one attached hydrogen (secondary N) is 2. The number of fused-ring (bicyclic) bond motifs is 1. The van der Waals surface area contributed by atoms with E-state index in [2.05, 4.69) is 10.3 Å². The molecule has 4 rings (SSSR count). The van der Waals surface area contributed by atoms with Gasteiger partial charge in [-0.1, -0.05) is 48.5 Å². The van der Waals surface area contributed by atoms with Crippen molar-refractivity contribution >= 4 is 23.8 Å². The lowest BCUT2D eigenvalue weighted by atomic mass is 9.97. The summed E-state index contributed by atoms with van der Waals surface area (Å²) in [5.74, 6) is 0.364. The van der Waals surface area contributed by atoms with Crippen molar-refractivity contribution in [2.24, 2.45) is 0 Å². The van der Waals surface area contributed by atoms with Crippen LogP contribution in [-0.2, 0) is 13.0 Å². The number of anilines is 2. The molecule has 0 spiro atoms. The molecule has 0 fully saturated rings. The van der Waals surface area contributed by atoms with Gasteiger partial charge in [0, 0.05) is 36.6 Å². The van der Waals surface area contributed by atoms with E-state index < -0.39 is 0 Å². The number of nitrogens with two attached hydrogens (primary N) is 1. The predicted molar refractivity (Wildman–Crippen MR) is 112 cm³/mol. The average molecular weight is 371 g/mol. The number of nitrogen functional groups attached to an aromatic ring is 1. The van der Waals surface area contributed by atoms with Crippen LogP contribution in [0.15, 0.2) is 60.8 Å². The summed E-state index contributed by atoms with van der Waals surface area (Å²) < 4.78 is 0. The third-order valence-electron chi connectivity index (χ3n) is 5.03. The second-order valence-electron chi connectivity index (χ2n) is 6.72. The zero-order valence-electron chi connectivity index (χ0n) is 15.4. The summed E-state index contributed by atoms with van der Waals surface area (Å²) in [6.07, 6.45) is 3.60. The molecule has 0 saturated heterocycles. The Morgan fingerprint density at radius 1 is 1.14 bits per heavy atom. The average Bonchev–Trinajstić information content (AvgIpc) is 2.74. The lowest BCUT2D eigenvalue weighted by Crippen LogP contribution is -2.39. The molecule has 6 heteroatoms. The Morgan fingerprint density at radius 2 is 1.89 bits per heavy atom. The molecule has 1 aromatic heterocycles. The molecule has 140 valence electrons. The minimum Gasteiger partial charge on any atom is -0.383 e. The van der Waals surface area contributed by atoms with E-state index in [9.17, 15) is 4.79 Å². The SMILES string of the molecule is N=Cc1c(N)ncc2c1CCN(C(=O)Nc1ccccc1-c1ccccc1)C2. The quantitative estimate of drug-likeness (QED) is 0.609. The smallest absolute Gasteiger partial charge is 0.322 e. The summed E-state index contributed by atoms with van der Waals surface area (Å²) in [6, 6.07) is 17.6. The number of para-hydroxylation sites is 1. The first-order chi connectivity index (χ1) is 13.7. The van der Waals surface area contributed by atoms with Crippen molar-refractivity contribution in [3.05, 3.63) is 77.5 Å². The minimum absolute atomic E-state index is 0.151. The third kappa shape index (κ3) is 3.32. The summed E-state index contributed by atoms with van der Waals surface area (Å²) in [6.45, 7) is 1.01. The number of pyridine rings is 1. The van der Waals surface area contributed by atoms with Gasteiger partial charge in [0.2, 0.25) is 0 Å². The fourth-order valence-corrected chi connectivity index (χ4v) is 3.58. The molecule has 6 nitrogen and oxygen atoms in total. The highest BCUT2D eigenvalue weighted by Gasteiger charge is 2.24. The summed E-state index contributed by atoms with van der Waals surface area (Å²) >= 11 is 0. The first kappa shape index (κ1) is 17.7. The molecule has 1 aliphatic heterocycles. The van der Waals surface area contributed by atoms with Crippen LogP contribution in [0.25, 0.3) is 11.1 Å². The first-order valence-electron chi connectivity index (χ1n) is 9.14. The third-order valence-corrected chi connectivity index (χ3v) is 5.03. The minimum atomic E-state index is -0.151. The number of carbonyl (C=O) groups excluding carboxylic acids is 1. The van der Waals surface area contributed by atoms with Crippen molar-refractivity contribution in [2.45, 2.75) is 13.0 Å². The van der Waals surface area contributed by atoms with Crippen LogP contribution in [0.1, 0.15) is 16.7 Å². The van der Waals surface area contributed by atoms with Crippen molar-refractivity contribution < 1.29 is 4.79 Å². The van der Waals surface area contributed by atoms with E-state index in [-0.39, 0.29) is 6.03 Å². The van der Waals surface area contributed by atoms with E-state index in [1.165, 1.54) is 6.21 Å². The number of amides is 2. The van der Waals surface area contributed by atoms with Crippen LogP contribution in [0.3, 0.4) is 0 Å². The number of urea groups is 1. The maximum absolute atomic E-state index is 12.9. The van der Waals surface area contributed by atoms with E-state index in [4.69, 9.17) is 11.1 Å². The Balaban J connectivity index is 1.56.